The number of halogens is 1. The van der Waals surface area contributed by atoms with Crippen molar-refractivity contribution in [3.8, 4) is 0 Å². The van der Waals surface area contributed by atoms with E-state index in [2.05, 4.69) is 4.40 Å². The van der Waals surface area contributed by atoms with Crippen molar-refractivity contribution >= 4 is 34.8 Å². The van der Waals surface area contributed by atoms with Crippen molar-refractivity contribution in [2.75, 3.05) is 13.1 Å². The van der Waals surface area contributed by atoms with Crippen LogP contribution in [0.2, 0.25) is 5.02 Å². The first-order valence-corrected chi connectivity index (χ1v) is 9.89. The molecule has 1 spiro atoms. The van der Waals surface area contributed by atoms with E-state index in [0.717, 1.165) is 23.3 Å². The van der Waals surface area contributed by atoms with Crippen molar-refractivity contribution < 1.29 is 14.5 Å². The van der Waals surface area contributed by atoms with Gasteiger partial charge in [-0.2, -0.15) is 0 Å². The first-order chi connectivity index (χ1) is 11.6. The van der Waals surface area contributed by atoms with Gasteiger partial charge in [-0.05, 0) is 51.7 Å². The number of rotatable bonds is 1. The average molecular weight is 383 g/mol. The van der Waals surface area contributed by atoms with Crippen LogP contribution in [0, 0.1) is 5.41 Å². The molecule has 0 aromatic heterocycles. The molecule has 0 unspecified atom stereocenters. The molecule has 1 atom stereocenters. The molecule has 3 rings (SSSR count). The molecule has 136 valence electrons. The van der Waals surface area contributed by atoms with E-state index < -0.39 is 22.2 Å². The lowest BCUT2D eigenvalue weighted by Crippen LogP contribution is -2.45. The molecular weight excluding hydrogens is 360 g/mol. The van der Waals surface area contributed by atoms with Gasteiger partial charge in [-0.3, -0.25) is 0 Å². The summed E-state index contributed by atoms with van der Waals surface area (Å²) in [5.74, 6) is 0. The van der Waals surface area contributed by atoms with E-state index >= 15 is 0 Å². The smallest absolute Gasteiger partial charge is 0.407 e. The number of carbonyl (C=O) groups is 1. The summed E-state index contributed by atoms with van der Waals surface area (Å²) in [6, 6.07) is 5.74. The topological polar surface area (TPSA) is 76.0 Å². The molecule has 5 nitrogen and oxygen atoms in total. The molecule has 1 N–H and O–H groups in total. The lowest BCUT2D eigenvalue weighted by atomic mass is 9.74. The number of amides is 1. The summed E-state index contributed by atoms with van der Waals surface area (Å²) < 4.78 is 16.9. The quantitative estimate of drug-likeness (QED) is 0.748. The molecule has 1 fully saturated rings. The molecule has 0 radical (unpaired) electrons. The Bertz CT molecular complexity index is 722. The highest BCUT2D eigenvalue weighted by Gasteiger charge is 2.48. The summed E-state index contributed by atoms with van der Waals surface area (Å²) in [7, 11) is 0. The third kappa shape index (κ3) is 3.39. The fraction of sp³-hybridized carbons (Fsp3) is 0.556. The SMILES string of the molecule is CC(C)(C)[S@+]([O-])/N=C1/c2cccc(Cl)c2CC12CCN(C(=O)O)CC2. The van der Waals surface area contributed by atoms with Gasteiger partial charge in [0.25, 0.3) is 0 Å². The van der Waals surface area contributed by atoms with Crippen molar-refractivity contribution in [1.82, 2.24) is 4.90 Å². The van der Waals surface area contributed by atoms with Crippen molar-refractivity contribution in [3.05, 3.63) is 34.3 Å². The molecule has 1 aliphatic carbocycles. The van der Waals surface area contributed by atoms with E-state index in [-0.39, 0.29) is 5.41 Å². The molecule has 0 saturated carbocycles. The van der Waals surface area contributed by atoms with Crippen molar-refractivity contribution in [3.63, 3.8) is 0 Å². The molecule has 1 aliphatic heterocycles. The predicted molar refractivity (Wildman–Crippen MR) is 101 cm³/mol. The highest BCUT2D eigenvalue weighted by Crippen LogP contribution is 2.47. The van der Waals surface area contributed by atoms with Gasteiger partial charge in [0.15, 0.2) is 0 Å². The monoisotopic (exact) mass is 382 g/mol. The first kappa shape index (κ1) is 18.5. The summed E-state index contributed by atoms with van der Waals surface area (Å²) in [6.07, 6.45) is 1.19. The van der Waals surface area contributed by atoms with Gasteiger partial charge >= 0.3 is 6.09 Å². The second-order valence-electron chi connectivity index (χ2n) is 7.79. The van der Waals surface area contributed by atoms with Crippen LogP contribution in [0.5, 0.6) is 0 Å². The van der Waals surface area contributed by atoms with E-state index in [1.54, 1.807) is 0 Å². The summed E-state index contributed by atoms with van der Waals surface area (Å²) >= 11 is 5.04. The van der Waals surface area contributed by atoms with Gasteiger partial charge < -0.3 is 14.6 Å². The zero-order valence-electron chi connectivity index (χ0n) is 14.7. The highest BCUT2D eigenvalue weighted by atomic mass is 35.5. The Morgan fingerprint density at radius 1 is 1.36 bits per heavy atom. The van der Waals surface area contributed by atoms with Gasteiger partial charge in [0, 0.05) is 29.1 Å². The van der Waals surface area contributed by atoms with Crippen LogP contribution in [0.1, 0.15) is 44.7 Å². The number of piperidine rings is 1. The minimum Gasteiger partial charge on any atom is -0.591 e. The summed E-state index contributed by atoms with van der Waals surface area (Å²) in [5.41, 5.74) is 2.56. The summed E-state index contributed by atoms with van der Waals surface area (Å²) in [6.45, 7) is 6.63. The van der Waals surface area contributed by atoms with Crippen LogP contribution in [-0.4, -0.2) is 44.2 Å². The Morgan fingerprint density at radius 3 is 2.56 bits per heavy atom. The third-order valence-corrected chi connectivity index (χ3v) is 6.83. The molecule has 25 heavy (non-hydrogen) atoms. The number of hydrogen-bond donors (Lipinski definition) is 1. The molecule has 1 aromatic rings. The van der Waals surface area contributed by atoms with Crippen molar-refractivity contribution in [2.45, 2.75) is 44.8 Å². The van der Waals surface area contributed by atoms with Crippen LogP contribution in [0.15, 0.2) is 22.6 Å². The van der Waals surface area contributed by atoms with Gasteiger partial charge in [0.1, 0.15) is 21.8 Å². The normalized spacial score (nSPS) is 22.3. The van der Waals surface area contributed by atoms with Crippen molar-refractivity contribution in [2.24, 2.45) is 9.81 Å². The predicted octanol–water partition coefficient (Wildman–Crippen LogP) is 3.91. The van der Waals surface area contributed by atoms with Crippen LogP contribution < -0.4 is 0 Å². The second-order valence-corrected chi connectivity index (χ2v) is 10.1. The number of benzene rings is 1. The van der Waals surface area contributed by atoms with E-state index in [4.69, 9.17) is 11.6 Å². The van der Waals surface area contributed by atoms with Gasteiger partial charge in [-0.15, -0.1) is 0 Å². The molecule has 1 aromatic carbocycles. The largest absolute Gasteiger partial charge is 0.591 e. The number of fused-ring (bicyclic) bond motifs is 1. The number of carboxylic acid groups (broad SMARTS) is 1. The van der Waals surface area contributed by atoms with Gasteiger partial charge in [-0.25, -0.2) is 4.79 Å². The Labute approximate surface area is 156 Å². The fourth-order valence-corrected chi connectivity index (χ4v) is 4.55. The maximum atomic E-state index is 12.7. The van der Waals surface area contributed by atoms with E-state index in [1.165, 1.54) is 4.90 Å². The molecule has 1 heterocycles. The fourth-order valence-electron chi connectivity index (χ4n) is 3.57. The van der Waals surface area contributed by atoms with Crippen LogP contribution in [0.4, 0.5) is 4.79 Å². The Hall–Kier alpha value is -1.24. The molecule has 2 aliphatic rings. The van der Waals surface area contributed by atoms with E-state index in [0.29, 0.717) is 31.0 Å². The highest BCUT2D eigenvalue weighted by molar-refractivity contribution is 7.91. The Morgan fingerprint density at radius 2 is 2.00 bits per heavy atom. The number of nitrogens with zero attached hydrogens (tertiary/aromatic N) is 2. The average Bonchev–Trinajstić information content (AvgIpc) is 2.82. The Kier molecular flexibility index (Phi) is 4.81. The van der Waals surface area contributed by atoms with E-state index in [1.807, 2.05) is 39.0 Å². The van der Waals surface area contributed by atoms with Crippen LogP contribution in [0.25, 0.3) is 0 Å². The minimum atomic E-state index is -1.37. The zero-order valence-corrected chi connectivity index (χ0v) is 16.3. The zero-order chi connectivity index (χ0) is 18.4. The van der Waals surface area contributed by atoms with Crippen molar-refractivity contribution in [1.29, 1.82) is 0 Å². The third-order valence-electron chi connectivity index (χ3n) is 5.08. The molecule has 7 heteroatoms. The van der Waals surface area contributed by atoms with Gasteiger partial charge in [-0.1, -0.05) is 28.1 Å². The number of hydrogen-bond acceptors (Lipinski definition) is 3. The van der Waals surface area contributed by atoms with Gasteiger partial charge in [0.05, 0.1) is 0 Å². The van der Waals surface area contributed by atoms with Gasteiger partial charge in [0.2, 0.25) is 0 Å². The molecule has 0 bridgehead atoms. The lowest BCUT2D eigenvalue weighted by molar-refractivity contribution is 0.115. The Balaban J connectivity index is 2.02. The number of likely N-dealkylation sites (tertiary alicyclic amines) is 1. The standard InChI is InChI=1S/C18H23ClN2O3S/c1-17(2,3)25(24)20-15-12-5-4-6-14(19)13(12)11-18(15)7-9-21(10-8-18)16(22)23/h4-6H,7-11H2,1-3H3,(H,22,23)/b20-15-/t25-/m0/s1. The summed E-state index contributed by atoms with van der Waals surface area (Å²) in [4.78, 5) is 12.7. The second kappa shape index (κ2) is 6.49. The van der Waals surface area contributed by atoms with E-state index in [9.17, 15) is 14.5 Å². The lowest BCUT2D eigenvalue weighted by Gasteiger charge is -2.38. The maximum absolute atomic E-state index is 12.7. The maximum Gasteiger partial charge on any atom is 0.407 e. The molecular formula is C18H23ClN2O3S. The molecule has 1 saturated heterocycles. The molecule has 1 amide bonds. The first-order valence-electron chi connectivity index (χ1n) is 8.41. The van der Waals surface area contributed by atoms with Crippen LogP contribution in [-0.2, 0) is 17.8 Å². The summed E-state index contributed by atoms with van der Waals surface area (Å²) in [5, 5.41) is 9.93. The van der Waals surface area contributed by atoms with Crippen LogP contribution >= 0.6 is 11.6 Å². The van der Waals surface area contributed by atoms with Crippen LogP contribution in [0.3, 0.4) is 0 Å². The minimum absolute atomic E-state index is 0.278.